The zero-order valence-corrected chi connectivity index (χ0v) is 20.1. The van der Waals surface area contributed by atoms with E-state index < -0.39 is 0 Å². The third kappa shape index (κ3) is 4.51. The number of carbonyl (C=O) groups excluding carboxylic acids is 1. The summed E-state index contributed by atoms with van der Waals surface area (Å²) < 4.78 is 3.69. The van der Waals surface area contributed by atoms with Gasteiger partial charge in [-0.3, -0.25) is 9.48 Å². The molecule has 3 aromatic carbocycles. The average molecular weight is 462 g/mol. The van der Waals surface area contributed by atoms with Crippen LogP contribution >= 0.6 is 0 Å². The zero-order chi connectivity index (χ0) is 24.4. The molecule has 2 aromatic heterocycles. The third-order valence-corrected chi connectivity index (χ3v) is 6.23. The Balaban J connectivity index is 1.49. The second kappa shape index (κ2) is 9.43. The van der Waals surface area contributed by atoms with E-state index >= 15 is 0 Å². The van der Waals surface area contributed by atoms with Crippen LogP contribution in [-0.4, -0.2) is 25.5 Å². The molecule has 0 spiro atoms. The van der Waals surface area contributed by atoms with Gasteiger partial charge in [0, 0.05) is 11.8 Å². The summed E-state index contributed by atoms with van der Waals surface area (Å²) >= 11 is 0. The number of anilines is 1. The van der Waals surface area contributed by atoms with Crippen LogP contribution in [0.15, 0.2) is 91.1 Å². The number of hydrogen-bond donors (Lipinski definition) is 1. The highest BCUT2D eigenvalue weighted by atomic mass is 16.1. The number of nitrogens with one attached hydrogen (secondary N) is 1. The van der Waals surface area contributed by atoms with Gasteiger partial charge in [0.1, 0.15) is 5.69 Å². The summed E-state index contributed by atoms with van der Waals surface area (Å²) in [5.41, 5.74) is 7.75. The van der Waals surface area contributed by atoms with Crippen molar-refractivity contribution in [3.63, 3.8) is 0 Å². The fourth-order valence-electron chi connectivity index (χ4n) is 4.22. The first-order valence-electron chi connectivity index (χ1n) is 11.6. The topological polar surface area (TPSA) is 64.7 Å². The fourth-order valence-corrected chi connectivity index (χ4v) is 4.22. The highest BCUT2D eigenvalue weighted by Gasteiger charge is 2.22. The monoisotopic (exact) mass is 461 g/mol. The van der Waals surface area contributed by atoms with Crippen molar-refractivity contribution in [2.45, 2.75) is 27.3 Å². The molecule has 2 heterocycles. The Bertz CT molecular complexity index is 1480. The molecule has 0 fully saturated rings. The van der Waals surface area contributed by atoms with E-state index in [0.717, 1.165) is 28.3 Å². The summed E-state index contributed by atoms with van der Waals surface area (Å²) in [7, 11) is 0. The van der Waals surface area contributed by atoms with E-state index in [-0.39, 0.29) is 5.91 Å². The highest BCUT2D eigenvalue weighted by Crippen LogP contribution is 2.27. The molecule has 0 aliphatic carbocycles. The Kier molecular flexibility index (Phi) is 6.02. The fraction of sp³-hybridized carbons (Fsp3) is 0.138. The summed E-state index contributed by atoms with van der Waals surface area (Å²) in [6.45, 7) is 6.65. The second-order valence-corrected chi connectivity index (χ2v) is 8.62. The highest BCUT2D eigenvalue weighted by molar-refractivity contribution is 6.08. The second-order valence-electron chi connectivity index (χ2n) is 8.62. The normalized spacial score (nSPS) is 10.9. The first-order chi connectivity index (χ1) is 17.0. The molecular formula is C29H27N5O. The van der Waals surface area contributed by atoms with E-state index in [2.05, 4.69) is 24.4 Å². The number of rotatable bonds is 6. The number of aryl methyl sites for hydroxylation is 2. The molecule has 0 saturated carbocycles. The summed E-state index contributed by atoms with van der Waals surface area (Å²) in [6, 6.07) is 27.8. The molecule has 0 unspecified atom stereocenters. The van der Waals surface area contributed by atoms with Gasteiger partial charge in [0.2, 0.25) is 0 Å². The van der Waals surface area contributed by atoms with E-state index in [1.54, 1.807) is 10.9 Å². The van der Waals surface area contributed by atoms with Crippen LogP contribution in [0.25, 0.3) is 16.9 Å². The number of hydrogen-bond acceptors (Lipinski definition) is 3. The van der Waals surface area contributed by atoms with Crippen molar-refractivity contribution in [3.8, 4) is 16.9 Å². The van der Waals surface area contributed by atoms with E-state index in [4.69, 9.17) is 10.2 Å². The SMILES string of the molecule is Cc1ccccc1Cn1nc(C)c(NC(=O)c2cn(-c3ccccc3)nc2-c2ccccc2)c1C. The zero-order valence-electron chi connectivity index (χ0n) is 20.1. The molecule has 0 saturated heterocycles. The van der Waals surface area contributed by atoms with Crippen molar-refractivity contribution in [3.05, 3.63) is 119 Å². The molecule has 1 N–H and O–H groups in total. The van der Waals surface area contributed by atoms with Crippen molar-refractivity contribution >= 4 is 11.6 Å². The maximum absolute atomic E-state index is 13.6. The van der Waals surface area contributed by atoms with Crippen LogP contribution in [0.3, 0.4) is 0 Å². The first-order valence-corrected chi connectivity index (χ1v) is 11.6. The van der Waals surface area contributed by atoms with Crippen LogP contribution in [0.4, 0.5) is 5.69 Å². The Morgan fingerprint density at radius 1 is 0.829 bits per heavy atom. The third-order valence-electron chi connectivity index (χ3n) is 6.23. The van der Waals surface area contributed by atoms with Crippen LogP contribution in [0.1, 0.15) is 32.9 Å². The number of amides is 1. The quantitative estimate of drug-likeness (QED) is 0.339. The molecule has 174 valence electrons. The minimum atomic E-state index is -0.215. The molecule has 1 amide bonds. The van der Waals surface area contributed by atoms with Crippen LogP contribution in [0.5, 0.6) is 0 Å². The lowest BCUT2D eigenvalue weighted by Crippen LogP contribution is -2.14. The lowest BCUT2D eigenvalue weighted by molar-refractivity contribution is 0.102. The molecule has 0 aliphatic heterocycles. The molecule has 0 radical (unpaired) electrons. The summed E-state index contributed by atoms with van der Waals surface area (Å²) in [5, 5.41) is 12.6. The number of carbonyl (C=O) groups is 1. The lowest BCUT2D eigenvalue weighted by Gasteiger charge is -2.09. The van der Waals surface area contributed by atoms with Crippen molar-refractivity contribution < 1.29 is 4.79 Å². The number of benzene rings is 3. The summed E-state index contributed by atoms with van der Waals surface area (Å²) in [6.07, 6.45) is 1.79. The predicted octanol–water partition coefficient (Wildman–Crippen LogP) is 5.96. The van der Waals surface area contributed by atoms with Crippen LogP contribution < -0.4 is 5.32 Å². The molecule has 0 bridgehead atoms. The molecular weight excluding hydrogens is 434 g/mol. The van der Waals surface area contributed by atoms with Crippen molar-refractivity contribution in [1.29, 1.82) is 0 Å². The number of nitrogens with zero attached hydrogens (tertiary/aromatic N) is 4. The average Bonchev–Trinajstić information content (AvgIpc) is 3.44. The van der Waals surface area contributed by atoms with Gasteiger partial charge in [0.15, 0.2) is 0 Å². The van der Waals surface area contributed by atoms with Gasteiger partial charge in [-0.1, -0.05) is 72.8 Å². The van der Waals surface area contributed by atoms with Gasteiger partial charge in [-0.25, -0.2) is 4.68 Å². The Hall–Kier alpha value is -4.45. The molecule has 0 atom stereocenters. The maximum Gasteiger partial charge on any atom is 0.259 e. The van der Waals surface area contributed by atoms with Gasteiger partial charge in [0.05, 0.1) is 34.9 Å². The summed E-state index contributed by atoms with van der Waals surface area (Å²) in [4.78, 5) is 13.6. The maximum atomic E-state index is 13.6. The standard InChI is InChI=1S/C29H27N5O/c1-20-12-10-11-15-24(20)18-33-22(3)27(21(2)31-33)30-29(35)26-19-34(25-16-8-5-9-17-25)32-28(26)23-13-6-4-7-14-23/h4-17,19H,18H2,1-3H3,(H,30,35). The van der Waals surface area contributed by atoms with Gasteiger partial charge in [-0.15, -0.1) is 0 Å². The van der Waals surface area contributed by atoms with Crippen molar-refractivity contribution in [1.82, 2.24) is 19.6 Å². The minimum Gasteiger partial charge on any atom is -0.319 e. The van der Waals surface area contributed by atoms with E-state index in [0.29, 0.717) is 17.8 Å². The van der Waals surface area contributed by atoms with Crippen molar-refractivity contribution in [2.24, 2.45) is 0 Å². The van der Waals surface area contributed by atoms with Gasteiger partial charge in [-0.05, 0) is 44.0 Å². The smallest absolute Gasteiger partial charge is 0.259 e. The predicted molar refractivity (Wildman–Crippen MR) is 139 cm³/mol. The van der Waals surface area contributed by atoms with Crippen molar-refractivity contribution in [2.75, 3.05) is 5.32 Å². The molecule has 0 aliphatic rings. The Morgan fingerprint density at radius 2 is 1.49 bits per heavy atom. The largest absolute Gasteiger partial charge is 0.319 e. The van der Waals surface area contributed by atoms with E-state index in [1.165, 1.54) is 11.1 Å². The van der Waals surface area contributed by atoms with Gasteiger partial charge >= 0.3 is 0 Å². The summed E-state index contributed by atoms with van der Waals surface area (Å²) in [5.74, 6) is -0.215. The minimum absolute atomic E-state index is 0.215. The molecule has 6 heteroatoms. The van der Waals surface area contributed by atoms with Gasteiger partial charge < -0.3 is 5.32 Å². The number of para-hydroxylation sites is 1. The van der Waals surface area contributed by atoms with Crippen LogP contribution in [0, 0.1) is 20.8 Å². The molecule has 5 aromatic rings. The molecule has 5 rings (SSSR count). The van der Waals surface area contributed by atoms with E-state index in [9.17, 15) is 4.79 Å². The first kappa shape index (κ1) is 22.3. The Morgan fingerprint density at radius 3 is 2.20 bits per heavy atom. The van der Waals surface area contributed by atoms with Crippen LogP contribution in [0.2, 0.25) is 0 Å². The Labute approximate surface area is 204 Å². The van der Waals surface area contributed by atoms with E-state index in [1.807, 2.05) is 91.3 Å². The number of aromatic nitrogens is 4. The molecule has 35 heavy (non-hydrogen) atoms. The van der Waals surface area contributed by atoms with Crippen LogP contribution in [-0.2, 0) is 6.54 Å². The van der Waals surface area contributed by atoms with Gasteiger partial charge in [-0.2, -0.15) is 10.2 Å². The lowest BCUT2D eigenvalue weighted by atomic mass is 10.1. The molecule has 6 nitrogen and oxygen atoms in total. The van der Waals surface area contributed by atoms with Gasteiger partial charge in [0.25, 0.3) is 5.91 Å².